The van der Waals surface area contributed by atoms with Crippen molar-refractivity contribution in [3.8, 4) is 0 Å². The fourth-order valence-corrected chi connectivity index (χ4v) is 1.82. The predicted octanol–water partition coefficient (Wildman–Crippen LogP) is 3.97. The Morgan fingerprint density at radius 2 is 1.60 bits per heavy atom. The van der Waals surface area contributed by atoms with Crippen LogP contribution in [0.25, 0.3) is 0 Å². The van der Waals surface area contributed by atoms with Gasteiger partial charge in [0.1, 0.15) is 5.69 Å². The summed E-state index contributed by atoms with van der Waals surface area (Å²) in [7, 11) is 0. The van der Waals surface area contributed by atoms with Crippen molar-refractivity contribution < 1.29 is 30.7 Å². The Labute approximate surface area is 141 Å². The smallest absolute Gasteiger partial charge is 0.331 e. The minimum absolute atomic E-state index is 0.0813. The molecule has 0 bridgehead atoms. The molecule has 0 aliphatic heterocycles. The Balaban J connectivity index is 2.08. The van der Waals surface area contributed by atoms with E-state index in [0.29, 0.717) is 0 Å². The zero-order chi connectivity index (χ0) is 18.8. The van der Waals surface area contributed by atoms with E-state index in [2.05, 4.69) is 10.3 Å². The third-order valence-electron chi connectivity index (χ3n) is 2.75. The Bertz CT molecular complexity index is 783. The first-order valence-electron chi connectivity index (χ1n) is 6.30. The molecule has 0 amide bonds. The number of hydrogen-bond acceptors (Lipinski definition) is 3. The summed E-state index contributed by atoms with van der Waals surface area (Å²) in [6.07, 6.45) is -4.58. The molecule has 0 saturated heterocycles. The van der Waals surface area contributed by atoms with Crippen molar-refractivity contribution in [2.24, 2.45) is 0 Å². The first-order valence-corrected chi connectivity index (χ1v) is 6.70. The van der Waals surface area contributed by atoms with Crippen LogP contribution in [0, 0.1) is 23.5 Å². The lowest BCUT2D eigenvalue weighted by Crippen LogP contribution is -2.34. The number of halogens is 7. The lowest BCUT2D eigenvalue weighted by molar-refractivity contribution is -0.137. The van der Waals surface area contributed by atoms with Crippen LogP contribution in [0.4, 0.5) is 42.1 Å². The first kappa shape index (κ1) is 18.7. The molecule has 0 aliphatic rings. The van der Waals surface area contributed by atoms with E-state index in [1.54, 1.807) is 5.43 Å². The van der Waals surface area contributed by atoms with Gasteiger partial charge in [-0.15, -0.1) is 0 Å². The van der Waals surface area contributed by atoms with Crippen molar-refractivity contribution in [2.75, 3.05) is 10.7 Å². The van der Waals surface area contributed by atoms with Crippen LogP contribution in [-0.2, 0) is 6.18 Å². The van der Waals surface area contributed by atoms with Gasteiger partial charge in [-0.05, 0) is 30.4 Å². The maximum atomic E-state index is 13.4. The second-order valence-electron chi connectivity index (χ2n) is 4.48. The van der Waals surface area contributed by atoms with Gasteiger partial charge >= 0.3 is 6.18 Å². The zero-order valence-electron chi connectivity index (χ0n) is 11.8. The third-order valence-corrected chi connectivity index (χ3v) is 2.95. The van der Waals surface area contributed by atoms with E-state index in [4.69, 9.17) is 12.2 Å². The summed E-state index contributed by atoms with van der Waals surface area (Å²) in [5.41, 5.74) is 1.50. The SMILES string of the molecule is Fc1nc(F)c(F)c(NNC(=S)Nc2cccc(C(F)(F)F)c2)c1F. The highest BCUT2D eigenvalue weighted by atomic mass is 32.1. The molecule has 12 heteroatoms. The van der Waals surface area contributed by atoms with Crippen LogP contribution in [0.5, 0.6) is 0 Å². The number of benzene rings is 1. The van der Waals surface area contributed by atoms with Gasteiger partial charge in [0.2, 0.25) is 11.6 Å². The van der Waals surface area contributed by atoms with E-state index in [-0.39, 0.29) is 5.69 Å². The molecule has 2 aromatic rings. The van der Waals surface area contributed by atoms with Crippen molar-refractivity contribution in [2.45, 2.75) is 6.18 Å². The molecular formula is C13H7F7N4S. The molecule has 3 N–H and O–H groups in total. The Kier molecular flexibility index (Phi) is 5.30. The quantitative estimate of drug-likeness (QED) is 0.324. The van der Waals surface area contributed by atoms with Crippen LogP contribution >= 0.6 is 12.2 Å². The van der Waals surface area contributed by atoms with Gasteiger partial charge in [-0.1, -0.05) is 6.07 Å². The zero-order valence-corrected chi connectivity index (χ0v) is 12.6. The van der Waals surface area contributed by atoms with Crippen molar-refractivity contribution in [3.63, 3.8) is 0 Å². The summed E-state index contributed by atoms with van der Waals surface area (Å²) in [6, 6.07) is 3.92. The molecule has 0 atom stereocenters. The molecule has 0 radical (unpaired) electrons. The number of rotatable bonds is 3. The summed E-state index contributed by atoms with van der Waals surface area (Å²) < 4.78 is 90.4. The number of nitrogens with zero attached hydrogens (tertiary/aromatic N) is 1. The van der Waals surface area contributed by atoms with Crippen molar-refractivity contribution in [1.29, 1.82) is 0 Å². The molecule has 0 fully saturated rings. The molecular weight excluding hydrogens is 377 g/mol. The molecule has 0 saturated carbocycles. The second-order valence-corrected chi connectivity index (χ2v) is 4.89. The number of alkyl halides is 3. The van der Waals surface area contributed by atoms with Gasteiger partial charge in [0, 0.05) is 5.69 Å². The van der Waals surface area contributed by atoms with Gasteiger partial charge in [-0.2, -0.15) is 35.7 Å². The summed E-state index contributed by atoms with van der Waals surface area (Å²) >= 11 is 4.71. The predicted molar refractivity (Wildman–Crippen MR) is 78.5 cm³/mol. The van der Waals surface area contributed by atoms with E-state index in [1.165, 1.54) is 6.07 Å². The fraction of sp³-hybridized carbons (Fsp3) is 0.0769. The molecule has 4 nitrogen and oxygen atoms in total. The second kappa shape index (κ2) is 7.09. The first-order chi connectivity index (χ1) is 11.6. The number of anilines is 2. The Morgan fingerprint density at radius 3 is 2.16 bits per heavy atom. The van der Waals surface area contributed by atoms with Crippen molar-refractivity contribution in [1.82, 2.24) is 10.4 Å². The highest BCUT2D eigenvalue weighted by Gasteiger charge is 2.30. The monoisotopic (exact) mass is 384 g/mol. The molecule has 0 spiro atoms. The molecule has 0 aliphatic carbocycles. The molecule has 1 heterocycles. The number of pyridine rings is 1. The number of aromatic nitrogens is 1. The molecule has 0 unspecified atom stereocenters. The number of hydrazine groups is 1. The number of nitrogens with one attached hydrogen (secondary N) is 3. The average Bonchev–Trinajstić information content (AvgIpc) is 2.52. The third kappa shape index (κ3) is 4.47. The molecule has 134 valence electrons. The Hall–Kier alpha value is -2.63. The van der Waals surface area contributed by atoms with E-state index < -0.39 is 46.1 Å². The normalized spacial score (nSPS) is 11.2. The molecule has 25 heavy (non-hydrogen) atoms. The molecule has 1 aromatic carbocycles. The van der Waals surface area contributed by atoms with Crippen LogP contribution in [0.2, 0.25) is 0 Å². The van der Waals surface area contributed by atoms with Gasteiger partial charge in [0.25, 0.3) is 11.9 Å². The minimum Gasteiger partial charge on any atom is -0.331 e. The summed E-state index contributed by atoms with van der Waals surface area (Å²) in [5.74, 6) is -7.40. The Morgan fingerprint density at radius 1 is 1.00 bits per heavy atom. The van der Waals surface area contributed by atoms with Gasteiger partial charge in [0.05, 0.1) is 5.56 Å². The maximum Gasteiger partial charge on any atom is 0.416 e. The lowest BCUT2D eigenvalue weighted by Gasteiger charge is -2.14. The fourth-order valence-electron chi connectivity index (χ4n) is 1.65. The van der Waals surface area contributed by atoms with Crippen LogP contribution in [0.3, 0.4) is 0 Å². The lowest BCUT2D eigenvalue weighted by atomic mass is 10.2. The van der Waals surface area contributed by atoms with Crippen molar-refractivity contribution in [3.05, 3.63) is 53.4 Å². The van der Waals surface area contributed by atoms with Gasteiger partial charge in [-0.3, -0.25) is 10.9 Å². The molecule has 2 rings (SSSR count). The van der Waals surface area contributed by atoms with Crippen LogP contribution in [0.15, 0.2) is 24.3 Å². The molecule has 1 aromatic heterocycles. The van der Waals surface area contributed by atoms with Crippen LogP contribution in [-0.4, -0.2) is 10.1 Å². The van der Waals surface area contributed by atoms with Crippen LogP contribution in [0.1, 0.15) is 5.56 Å². The number of hydrogen-bond donors (Lipinski definition) is 3. The minimum atomic E-state index is -4.58. The largest absolute Gasteiger partial charge is 0.416 e. The van der Waals surface area contributed by atoms with Crippen LogP contribution < -0.4 is 16.2 Å². The number of thiocarbonyl (C=S) groups is 1. The van der Waals surface area contributed by atoms with E-state index in [1.807, 2.05) is 5.43 Å². The average molecular weight is 384 g/mol. The van der Waals surface area contributed by atoms with E-state index in [0.717, 1.165) is 18.2 Å². The van der Waals surface area contributed by atoms with E-state index in [9.17, 15) is 30.7 Å². The summed E-state index contributed by atoms with van der Waals surface area (Å²) in [4.78, 5) is 2.35. The summed E-state index contributed by atoms with van der Waals surface area (Å²) in [6.45, 7) is 0. The standard InChI is InChI=1S/C13H7F7N4S/c14-7-9(8(15)11(17)22-10(7)16)23-24-12(25)21-6-3-1-2-5(4-6)13(18,19)20/h1-4H,(H,22,23)(H2,21,24,25). The summed E-state index contributed by atoms with van der Waals surface area (Å²) in [5, 5.41) is 1.88. The van der Waals surface area contributed by atoms with Gasteiger partial charge in [-0.25, -0.2) is 0 Å². The highest BCUT2D eigenvalue weighted by Crippen LogP contribution is 2.30. The topological polar surface area (TPSA) is 49.0 Å². The van der Waals surface area contributed by atoms with Gasteiger partial charge < -0.3 is 5.32 Å². The van der Waals surface area contributed by atoms with Gasteiger partial charge in [0.15, 0.2) is 5.11 Å². The highest BCUT2D eigenvalue weighted by molar-refractivity contribution is 7.80. The van der Waals surface area contributed by atoms with E-state index >= 15 is 0 Å². The maximum absolute atomic E-state index is 13.4. The van der Waals surface area contributed by atoms with Crippen molar-refractivity contribution >= 4 is 28.7 Å².